The Morgan fingerprint density at radius 1 is 0.769 bits per heavy atom. The zero-order valence-electron chi connectivity index (χ0n) is 13.8. The Balaban J connectivity index is 1.46. The van der Waals surface area contributed by atoms with E-state index in [4.69, 9.17) is 0 Å². The van der Waals surface area contributed by atoms with Gasteiger partial charge >= 0.3 is 0 Å². The average molecular weight is 341 g/mol. The second-order valence-electron chi connectivity index (χ2n) is 5.71. The van der Waals surface area contributed by atoms with E-state index in [0.29, 0.717) is 11.4 Å². The van der Waals surface area contributed by atoms with Crippen molar-refractivity contribution >= 4 is 11.6 Å². The summed E-state index contributed by atoms with van der Waals surface area (Å²) < 4.78 is 0. The lowest BCUT2D eigenvalue weighted by atomic mass is 10.1. The quantitative estimate of drug-likeness (QED) is 0.591. The summed E-state index contributed by atoms with van der Waals surface area (Å²) in [6, 6.07) is 24.9. The molecule has 126 valence electrons. The molecule has 6 heteroatoms. The first-order valence-corrected chi connectivity index (χ1v) is 8.10. The number of rotatable bonds is 4. The van der Waals surface area contributed by atoms with Gasteiger partial charge in [0.1, 0.15) is 0 Å². The summed E-state index contributed by atoms with van der Waals surface area (Å²) in [5.41, 5.74) is 4.35. The predicted molar refractivity (Wildman–Crippen MR) is 99.4 cm³/mol. The van der Waals surface area contributed by atoms with E-state index >= 15 is 0 Å². The number of anilines is 1. The van der Waals surface area contributed by atoms with E-state index < -0.39 is 0 Å². The topological polar surface area (TPSA) is 83.6 Å². The van der Waals surface area contributed by atoms with Crippen LogP contribution in [0.1, 0.15) is 10.4 Å². The monoisotopic (exact) mass is 341 g/mol. The van der Waals surface area contributed by atoms with E-state index in [1.54, 1.807) is 24.3 Å². The summed E-state index contributed by atoms with van der Waals surface area (Å²) in [5, 5.41) is 16.7. The third-order valence-corrected chi connectivity index (χ3v) is 4.00. The van der Waals surface area contributed by atoms with E-state index in [0.717, 1.165) is 22.4 Å². The number of carbonyl (C=O) groups excluding carboxylic acids is 1. The predicted octanol–water partition coefficient (Wildman–Crippen LogP) is 3.79. The van der Waals surface area contributed by atoms with Crippen molar-refractivity contribution in [3.63, 3.8) is 0 Å². The number of amides is 1. The number of benzene rings is 3. The van der Waals surface area contributed by atoms with Crippen LogP contribution in [0.5, 0.6) is 0 Å². The van der Waals surface area contributed by atoms with Gasteiger partial charge in [0.05, 0.1) is 0 Å². The summed E-state index contributed by atoms with van der Waals surface area (Å²) >= 11 is 0. The lowest BCUT2D eigenvalue weighted by molar-refractivity contribution is 0.102. The van der Waals surface area contributed by atoms with Gasteiger partial charge in [-0.2, -0.15) is 5.21 Å². The number of hydrogen-bond donors (Lipinski definition) is 2. The number of H-pyrrole nitrogens is 1. The highest BCUT2D eigenvalue weighted by Gasteiger charge is 2.08. The van der Waals surface area contributed by atoms with Gasteiger partial charge in [0, 0.05) is 16.8 Å². The number of nitrogens with zero attached hydrogens (tertiary/aromatic N) is 3. The molecule has 1 aromatic heterocycles. The molecule has 6 nitrogen and oxygen atoms in total. The van der Waals surface area contributed by atoms with Gasteiger partial charge in [-0.1, -0.05) is 54.6 Å². The minimum Gasteiger partial charge on any atom is -0.322 e. The molecule has 0 fully saturated rings. The van der Waals surface area contributed by atoms with Crippen LogP contribution in [-0.2, 0) is 0 Å². The number of aromatic amines is 1. The number of aromatic nitrogens is 4. The molecule has 0 saturated heterocycles. The smallest absolute Gasteiger partial charge is 0.255 e. The van der Waals surface area contributed by atoms with Crippen molar-refractivity contribution in [3.05, 3.63) is 84.4 Å². The lowest BCUT2D eigenvalue weighted by Crippen LogP contribution is -2.11. The fourth-order valence-electron chi connectivity index (χ4n) is 2.63. The molecular formula is C20H15N5O. The number of tetrazole rings is 1. The minimum atomic E-state index is -0.169. The molecule has 1 amide bonds. The van der Waals surface area contributed by atoms with Crippen molar-refractivity contribution in [1.29, 1.82) is 0 Å². The Morgan fingerprint density at radius 2 is 1.42 bits per heavy atom. The Kier molecular flexibility index (Phi) is 4.22. The standard InChI is InChI=1S/C20H15N5O/c26-20(17-8-6-16(7-9-17)19-22-24-25-23-19)21-18-12-10-15(11-13-18)14-4-2-1-3-5-14/h1-13H,(H,21,26)(H,22,23,24,25). The van der Waals surface area contributed by atoms with Crippen LogP contribution in [0.25, 0.3) is 22.5 Å². The van der Waals surface area contributed by atoms with Gasteiger partial charge in [0.25, 0.3) is 5.91 Å². The zero-order valence-corrected chi connectivity index (χ0v) is 13.8. The molecule has 4 rings (SSSR count). The number of carbonyl (C=O) groups is 1. The molecule has 0 unspecified atom stereocenters. The lowest BCUT2D eigenvalue weighted by Gasteiger charge is -2.07. The van der Waals surface area contributed by atoms with Crippen molar-refractivity contribution in [2.24, 2.45) is 0 Å². The minimum absolute atomic E-state index is 0.169. The molecule has 0 aliphatic rings. The molecule has 0 aliphatic heterocycles. The van der Waals surface area contributed by atoms with Crippen LogP contribution in [0.15, 0.2) is 78.9 Å². The maximum absolute atomic E-state index is 12.4. The normalized spacial score (nSPS) is 10.5. The summed E-state index contributed by atoms with van der Waals surface area (Å²) in [6.45, 7) is 0. The van der Waals surface area contributed by atoms with Crippen molar-refractivity contribution in [3.8, 4) is 22.5 Å². The summed E-state index contributed by atoms with van der Waals surface area (Å²) in [4.78, 5) is 12.4. The van der Waals surface area contributed by atoms with Crippen LogP contribution >= 0.6 is 0 Å². The Labute approximate surface area is 149 Å². The van der Waals surface area contributed by atoms with Crippen LogP contribution in [0.4, 0.5) is 5.69 Å². The fraction of sp³-hybridized carbons (Fsp3) is 0. The Hall–Kier alpha value is -3.80. The highest BCUT2D eigenvalue weighted by Crippen LogP contribution is 2.21. The van der Waals surface area contributed by atoms with E-state index in [2.05, 4.69) is 38.1 Å². The van der Waals surface area contributed by atoms with E-state index in [1.807, 2.05) is 42.5 Å². The van der Waals surface area contributed by atoms with Crippen LogP contribution in [-0.4, -0.2) is 26.5 Å². The van der Waals surface area contributed by atoms with Crippen molar-refractivity contribution in [2.45, 2.75) is 0 Å². The molecule has 0 spiro atoms. The van der Waals surface area contributed by atoms with Gasteiger partial charge in [-0.25, -0.2) is 0 Å². The Morgan fingerprint density at radius 3 is 2.08 bits per heavy atom. The molecule has 0 aliphatic carbocycles. The Bertz CT molecular complexity index is 995. The van der Waals surface area contributed by atoms with Gasteiger partial charge < -0.3 is 5.32 Å². The summed E-state index contributed by atoms with van der Waals surface area (Å²) in [5.74, 6) is 0.325. The van der Waals surface area contributed by atoms with Crippen LogP contribution < -0.4 is 5.32 Å². The number of nitrogens with one attached hydrogen (secondary N) is 2. The van der Waals surface area contributed by atoms with E-state index in [9.17, 15) is 4.79 Å². The van der Waals surface area contributed by atoms with E-state index in [-0.39, 0.29) is 5.91 Å². The molecular weight excluding hydrogens is 326 g/mol. The maximum atomic E-state index is 12.4. The molecule has 3 aromatic carbocycles. The van der Waals surface area contributed by atoms with E-state index in [1.165, 1.54) is 0 Å². The molecule has 2 N–H and O–H groups in total. The van der Waals surface area contributed by atoms with Crippen molar-refractivity contribution in [1.82, 2.24) is 20.6 Å². The van der Waals surface area contributed by atoms with Gasteiger partial charge in [-0.15, -0.1) is 10.2 Å². The molecule has 0 atom stereocenters. The molecule has 0 radical (unpaired) electrons. The highest BCUT2D eigenvalue weighted by molar-refractivity contribution is 6.04. The second-order valence-corrected chi connectivity index (χ2v) is 5.71. The molecule has 1 heterocycles. The third kappa shape index (κ3) is 3.34. The van der Waals surface area contributed by atoms with Crippen LogP contribution in [0, 0.1) is 0 Å². The summed E-state index contributed by atoms with van der Waals surface area (Å²) in [7, 11) is 0. The first-order chi connectivity index (χ1) is 12.8. The van der Waals surface area contributed by atoms with Gasteiger partial charge in [0.2, 0.25) is 5.82 Å². The SMILES string of the molecule is O=C(Nc1ccc(-c2ccccc2)cc1)c1ccc(-c2nn[nH]n2)cc1. The van der Waals surface area contributed by atoms with Crippen molar-refractivity contribution < 1.29 is 4.79 Å². The largest absolute Gasteiger partial charge is 0.322 e. The molecule has 4 aromatic rings. The van der Waals surface area contributed by atoms with Gasteiger partial charge in [0.15, 0.2) is 0 Å². The maximum Gasteiger partial charge on any atom is 0.255 e. The summed E-state index contributed by atoms with van der Waals surface area (Å²) in [6.07, 6.45) is 0. The van der Waals surface area contributed by atoms with Crippen LogP contribution in [0.2, 0.25) is 0 Å². The number of hydrogen-bond acceptors (Lipinski definition) is 4. The zero-order chi connectivity index (χ0) is 17.8. The fourth-order valence-corrected chi connectivity index (χ4v) is 2.63. The average Bonchev–Trinajstić information content (AvgIpc) is 3.24. The second kappa shape index (κ2) is 6.98. The first kappa shape index (κ1) is 15.7. The molecule has 26 heavy (non-hydrogen) atoms. The molecule has 0 saturated carbocycles. The first-order valence-electron chi connectivity index (χ1n) is 8.10. The third-order valence-electron chi connectivity index (χ3n) is 4.00. The van der Waals surface area contributed by atoms with Crippen molar-refractivity contribution in [2.75, 3.05) is 5.32 Å². The van der Waals surface area contributed by atoms with Gasteiger partial charge in [-0.05, 0) is 40.6 Å². The van der Waals surface area contributed by atoms with Crippen LogP contribution in [0.3, 0.4) is 0 Å². The van der Waals surface area contributed by atoms with Gasteiger partial charge in [-0.3, -0.25) is 4.79 Å². The molecule has 0 bridgehead atoms. The highest BCUT2D eigenvalue weighted by atomic mass is 16.1.